The molecule has 0 spiro atoms. The Kier molecular flexibility index (Phi) is 5.26. The molecule has 0 fully saturated rings. The quantitative estimate of drug-likeness (QED) is 0.504. The minimum Gasteiger partial charge on any atom is -0.462 e. The zero-order valence-electron chi connectivity index (χ0n) is 13.4. The van der Waals surface area contributed by atoms with Gasteiger partial charge in [-0.15, -0.1) is 0 Å². The number of ether oxygens (including phenoxy) is 2. The normalized spacial score (nSPS) is 10.2. The molecule has 3 rings (SSSR count). The van der Waals surface area contributed by atoms with Gasteiger partial charge < -0.3 is 13.9 Å². The summed E-state index contributed by atoms with van der Waals surface area (Å²) in [7, 11) is 0. The van der Waals surface area contributed by atoms with E-state index in [2.05, 4.69) is 0 Å². The number of esters is 2. The second-order valence-corrected chi connectivity index (χ2v) is 5.27. The smallest absolute Gasteiger partial charge is 0.379 e. The Morgan fingerprint density at radius 2 is 1.72 bits per heavy atom. The minimum absolute atomic E-state index is 0.0934. The Hall–Kier alpha value is -3.34. The predicted octanol–water partition coefficient (Wildman–Crippen LogP) is 3.90. The van der Waals surface area contributed by atoms with Crippen LogP contribution in [0.1, 0.15) is 26.5 Å². The molecule has 0 aliphatic rings. The lowest BCUT2D eigenvalue weighted by molar-refractivity contribution is 0.0507. The fourth-order valence-corrected chi connectivity index (χ4v) is 2.23. The van der Waals surface area contributed by atoms with Crippen LogP contribution in [0.5, 0.6) is 5.75 Å². The van der Waals surface area contributed by atoms with E-state index in [1.807, 2.05) is 30.3 Å². The molecule has 0 atom stereocenters. The van der Waals surface area contributed by atoms with Gasteiger partial charge in [0.25, 0.3) is 0 Å². The largest absolute Gasteiger partial charge is 0.462 e. The van der Waals surface area contributed by atoms with E-state index in [4.69, 9.17) is 13.9 Å². The van der Waals surface area contributed by atoms with Crippen molar-refractivity contribution in [3.05, 3.63) is 89.9 Å². The van der Waals surface area contributed by atoms with E-state index in [0.29, 0.717) is 12.0 Å². The van der Waals surface area contributed by atoms with Crippen LogP contribution >= 0.6 is 0 Å². The third-order valence-electron chi connectivity index (χ3n) is 3.47. The highest BCUT2D eigenvalue weighted by Crippen LogP contribution is 2.16. The van der Waals surface area contributed by atoms with Crippen LogP contribution in [-0.4, -0.2) is 18.5 Å². The molecule has 0 unspecified atom stereocenters. The molecule has 0 radical (unpaired) electrons. The second kappa shape index (κ2) is 7.97. The molecule has 5 heteroatoms. The molecular formula is C20H16O5. The first kappa shape index (κ1) is 16.5. The van der Waals surface area contributed by atoms with Crippen molar-refractivity contribution in [2.75, 3.05) is 6.61 Å². The molecule has 0 saturated carbocycles. The molecule has 0 amide bonds. The van der Waals surface area contributed by atoms with E-state index >= 15 is 0 Å². The third kappa shape index (κ3) is 4.57. The highest BCUT2D eigenvalue weighted by atomic mass is 16.5. The third-order valence-corrected chi connectivity index (χ3v) is 3.47. The zero-order valence-corrected chi connectivity index (χ0v) is 13.4. The summed E-state index contributed by atoms with van der Waals surface area (Å²) < 4.78 is 15.4. The van der Waals surface area contributed by atoms with Crippen LogP contribution in [0.2, 0.25) is 0 Å². The van der Waals surface area contributed by atoms with Gasteiger partial charge in [-0.1, -0.05) is 36.4 Å². The highest BCUT2D eigenvalue weighted by Gasteiger charge is 2.13. The van der Waals surface area contributed by atoms with E-state index in [0.717, 1.165) is 5.56 Å². The molecule has 0 saturated heterocycles. The topological polar surface area (TPSA) is 65.7 Å². The Bertz CT molecular complexity index is 838. The van der Waals surface area contributed by atoms with Crippen LogP contribution in [0.25, 0.3) is 0 Å². The number of rotatable bonds is 6. The molecule has 126 valence electrons. The van der Waals surface area contributed by atoms with E-state index in [9.17, 15) is 9.59 Å². The summed E-state index contributed by atoms with van der Waals surface area (Å²) in [6.45, 7) is 0.277. The highest BCUT2D eigenvalue weighted by molar-refractivity contribution is 5.91. The minimum atomic E-state index is -0.625. The molecular weight excluding hydrogens is 320 g/mol. The van der Waals surface area contributed by atoms with E-state index < -0.39 is 11.9 Å². The van der Waals surface area contributed by atoms with Crippen molar-refractivity contribution in [2.45, 2.75) is 6.42 Å². The summed E-state index contributed by atoms with van der Waals surface area (Å²) >= 11 is 0. The molecule has 0 N–H and O–H groups in total. The summed E-state index contributed by atoms with van der Waals surface area (Å²) in [4.78, 5) is 24.0. The number of hydrogen-bond donors (Lipinski definition) is 0. The van der Waals surface area contributed by atoms with Crippen LogP contribution in [0.3, 0.4) is 0 Å². The molecule has 3 aromatic rings. The zero-order chi connectivity index (χ0) is 17.5. The Labute approximate surface area is 144 Å². The maximum absolute atomic E-state index is 12.1. The van der Waals surface area contributed by atoms with Gasteiger partial charge in [0.2, 0.25) is 5.76 Å². The van der Waals surface area contributed by atoms with Gasteiger partial charge >= 0.3 is 11.9 Å². The van der Waals surface area contributed by atoms with E-state index in [1.54, 1.807) is 24.3 Å². The number of hydrogen-bond acceptors (Lipinski definition) is 5. The van der Waals surface area contributed by atoms with Crippen molar-refractivity contribution >= 4 is 11.9 Å². The van der Waals surface area contributed by atoms with Crippen molar-refractivity contribution in [2.24, 2.45) is 0 Å². The molecule has 0 aliphatic carbocycles. The first-order valence-electron chi connectivity index (χ1n) is 7.79. The van der Waals surface area contributed by atoms with E-state index in [1.165, 1.54) is 18.4 Å². The summed E-state index contributed by atoms with van der Waals surface area (Å²) in [6.07, 6.45) is 2.02. The Balaban J connectivity index is 1.57. The molecule has 5 nitrogen and oxygen atoms in total. The van der Waals surface area contributed by atoms with Gasteiger partial charge in [-0.25, -0.2) is 9.59 Å². The molecule has 1 heterocycles. The summed E-state index contributed by atoms with van der Waals surface area (Å²) in [5, 5.41) is 0. The van der Waals surface area contributed by atoms with Gasteiger partial charge in [0.1, 0.15) is 5.75 Å². The maximum Gasteiger partial charge on any atom is 0.379 e. The van der Waals surface area contributed by atoms with Crippen LogP contribution in [0, 0.1) is 0 Å². The summed E-state index contributed by atoms with van der Waals surface area (Å²) in [5.74, 6) is -0.749. The lowest BCUT2D eigenvalue weighted by atomic mass is 10.2. The van der Waals surface area contributed by atoms with Gasteiger partial charge in [-0.05, 0) is 35.9 Å². The number of carbonyl (C=O) groups is 2. The van der Waals surface area contributed by atoms with Crippen LogP contribution in [0.4, 0.5) is 0 Å². The summed E-state index contributed by atoms with van der Waals surface area (Å²) in [5.41, 5.74) is 1.41. The van der Waals surface area contributed by atoms with Gasteiger partial charge in [-0.2, -0.15) is 0 Å². The van der Waals surface area contributed by atoms with Crippen molar-refractivity contribution in [3.8, 4) is 5.75 Å². The molecule has 0 bridgehead atoms. The SMILES string of the molecule is O=C(OCCc1ccccc1)c1cccc(OC(=O)c2ccco2)c1. The molecule has 25 heavy (non-hydrogen) atoms. The van der Waals surface area contributed by atoms with Crippen molar-refractivity contribution in [1.29, 1.82) is 0 Å². The average Bonchev–Trinajstić information content (AvgIpc) is 3.18. The molecule has 0 aliphatic heterocycles. The standard InChI is InChI=1S/C20H16O5/c21-19(24-13-11-15-6-2-1-3-7-15)16-8-4-9-17(14-16)25-20(22)18-10-5-12-23-18/h1-10,12,14H,11,13H2. The van der Waals surface area contributed by atoms with Crippen molar-refractivity contribution in [3.63, 3.8) is 0 Å². The second-order valence-electron chi connectivity index (χ2n) is 5.27. The first-order valence-corrected chi connectivity index (χ1v) is 7.79. The van der Waals surface area contributed by atoms with E-state index in [-0.39, 0.29) is 18.1 Å². The fourth-order valence-electron chi connectivity index (χ4n) is 2.23. The number of furan rings is 1. The van der Waals surface area contributed by atoms with Crippen LogP contribution in [0.15, 0.2) is 77.4 Å². The van der Waals surface area contributed by atoms with Crippen LogP contribution < -0.4 is 4.74 Å². The van der Waals surface area contributed by atoms with Crippen molar-refractivity contribution in [1.82, 2.24) is 0 Å². The number of carbonyl (C=O) groups excluding carboxylic acids is 2. The first-order chi connectivity index (χ1) is 12.2. The van der Waals surface area contributed by atoms with Gasteiger partial charge in [0, 0.05) is 6.42 Å². The van der Waals surface area contributed by atoms with Gasteiger partial charge in [0.05, 0.1) is 18.4 Å². The predicted molar refractivity (Wildman–Crippen MR) is 90.5 cm³/mol. The lowest BCUT2D eigenvalue weighted by Gasteiger charge is -2.07. The fraction of sp³-hybridized carbons (Fsp3) is 0.100. The summed E-state index contributed by atoms with van der Waals surface area (Å²) in [6, 6.07) is 19.1. The van der Waals surface area contributed by atoms with Gasteiger partial charge in [0.15, 0.2) is 0 Å². The van der Waals surface area contributed by atoms with Crippen LogP contribution in [-0.2, 0) is 11.2 Å². The van der Waals surface area contributed by atoms with Gasteiger partial charge in [-0.3, -0.25) is 0 Å². The Morgan fingerprint density at radius 3 is 2.48 bits per heavy atom. The monoisotopic (exact) mass is 336 g/mol. The maximum atomic E-state index is 12.1. The Morgan fingerprint density at radius 1 is 0.880 bits per heavy atom. The molecule has 2 aromatic carbocycles. The number of benzene rings is 2. The lowest BCUT2D eigenvalue weighted by Crippen LogP contribution is -2.10. The molecule has 1 aromatic heterocycles. The average molecular weight is 336 g/mol. The van der Waals surface area contributed by atoms with Crippen molar-refractivity contribution < 1.29 is 23.5 Å².